The molecule has 24 heavy (non-hydrogen) atoms. The second-order valence-corrected chi connectivity index (χ2v) is 8.45. The van der Waals surface area contributed by atoms with Gasteiger partial charge in [-0.2, -0.15) is 0 Å². The van der Waals surface area contributed by atoms with Crippen molar-refractivity contribution in [2.75, 3.05) is 18.0 Å². The number of anilines is 1. The highest BCUT2D eigenvalue weighted by atomic mass is 15.4. The van der Waals surface area contributed by atoms with E-state index in [2.05, 4.69) is 62.6 Å². The summed E-state index contributed by atoms with van der Waals surface area (Å²) in [7, 11) is 0. The van der Waals surface area contributed by atoms with Crippen LogP contribution in [-0.2, 0) is 0 Å². The molecule has 2 fully saturated rings. The molecule has 0 amide bonds. The van der Waals surface area contributed by atoms with Gasteiger partial charge >= 0.3 is 0 Å². The van der Waals surface area contributed by atoms with Gasteiger partial charge in [0.1, 0.15) is 0 Å². The van der Waals surface area contributed by atoms with E-state index in [4.69, 9.17) is 0 Å². The van der Waals surface area contributed by atoms with E-state index in [9.17, 15) is 0 Å². The molecule has 0 aromatic heterocycles. The first-order valence-electron chi connectivity index (χ1n) is 10.2. The van der Waals surface area contributed by atoms with Crippen molar-refractivity contribution in [3.8, 4) is 0 Å². The Hall–Kier alpha value is -1.02. The number of nitrogens with zero attached hydrogens (tertiary/aromatic N) is 2. The molecule has 1 aliphatic carbocycles. The summed E-state index contributed by atoms with van der Waals surface area (Å²) in [6.45, 7) is 14.2. The molecule has 0 radical (unpaired) electrons. The predicted octanol–water partition coefficient (Wildman–Crippen LogP) is 5.73. The number of para-hydroxylation sites is 1. The molecular formula is C22H36N2. The van der Waals surface area contributed by atoms with Crippen molar-refractivity contribution in [2.24, 2.45) is 0 Å². The minimum Gasteiger partial charge on any atom is -0.354 e. The number of benzene rings is 1. The minimum atomic E-state index is 0.533. The molecule has 1 aromatic rings. The van der Waals surface area contributed by atoms with Gasteiger partial charge in [-0.1, -0.05) is 65.2 Å². The first-order chi connectivity index (χ1) is 11.5. The van der Waals surface area contributed by atoms with Gasteiger partial charge in [-0.3, -0.25) is 4.90 Å². The Labute approximate surface area is 149 Å². The monoisotopic (exact) mass is 328 g/mol. The molecule has 1 unspecified atom stereocenters. The Bertz CT molecular complexity index is 517. The number of rotatable bonds is 4. The Balaban J connectivity index is 1.91. The molecule has 1 saturated carbocycles. The molecule has 134 valence electrons. The highest BCUT2D eigenvalue weighted by molar-refractivity contribution is 5.63. The zero-order valence-corrected chi connectivity index (χ0v) is 16.4. The van der Waals surface area contributed by atoms with Crippen LogP contribution >= 0.6 is 0 Å². The van der Waals surface area contributed by atoms with E-state index in [0.29, 0.717) is 18.0 Å². The Morgan fingerprint density at radius 3 is 2.00 bits per heavy atom. The third-order valence-electron chi connectivity index (χ3n) is 6.20. The third kappa shape index (κ3) is 3.35. The summed E-state index contributed by atoms with van der Waals surface area (Å²) in [6, 6.07) is 7.77. The van der Waals surface area contributed by atoms with Crippen LogP contribution in [0.5, 0.6) is 0 Å². The van der Waals surface area contributed by atoms with Gasteiger partial charge in [0.2, 0.25) is 0 Å². The van der Waals surface area contributed by atoms with Crippen molar-refractivity contribution in [1.29, 1.82) is 0 Å². The topological polar surface area (TPSA) is 6.48 Å². The quantitative estimate of drug-likeness (QED) is 0.696. The van der Waals surface area contributed by atoms with E-state index in [0.717, 1.165) is 6.04 Å². The van der Waals surface area contributed by atoms with E-state index < -0.39 is 0 Å². The van der Waals surface area contributed by atoms with Crippen LogP contribution in [-0.4, -0.2) is 30.2 Å². The van der Waals surface area contributed by atoms with Gasteiger partial charge in [-0.05, 0) is 42.7 Å². The average molecular weight is 329 g/mol. The SMILES string of the molecule is CC(C)c1cccc(C(C)C)c1N1CCN(C2CCCCC2)C1C. The van der Waals surface area contributed by atoms with Crippen LogP contribution in [0.2, 0.25) is 0 Å². The Morgan fingerprint density at radius 1 is 0.875 bits per heavy atom. The fourth-order valence-corrected chi connectivity index (χ4v) is 4.82. The van der Waals surface area contributed by atoms with Crippen molar-refractivity contribution < 1.29 is 0 Å². The third-order valence-corrected chi connectivity index (χ3v) is 6.20. The molecule has 3 rings (SSSR count). The van der Waals surface area contributed by atoms with Gasteiger partial charge in [-0.25, -0.2) is 0 Å². The standard InChI is InChI=1S/C22H36N2/c1-16(2)20-12-9-13-21(17(3)4)22(20)24-15-14-23(18(24)5)19-10-7-6-8-11-19/h9,12-13,16-19H,6-8,10-11,14-15H2,1-5H3. The molecule has 1 heterocycles. The normalized spacial score (nSPS) is 23.6. The van der Waals surface area contributed by atoms with Crippen LogP contribution in [0.15, 0.2) is 18.2 Å². The van der Waals surface area contributed by atoms with Crippen molar-refractivity contribution in [1.82, 2.24) is 4.90 Å². The first-order valence-corrected chi connectivity index (χ1v) is 10.2. The van der Waals surface area contributed by atoms with E-state index in [1.54, 1.807) is 0 Å². The van der Waals surface area contributed by atoms with Gasteiger partial charge < -0.3 is 4.90 Å². The fraction of sp³-hybridized carbons (Fsp3) is 0.727. The van der Waals surface area contributed by atoms with Crippen LogP contribution in [0.25, 0.3) is 0 Å². The molecule has 2 nitrogen and oxygen atoms in total. The lowest BCUT2D eigenvalue weighted by Gasteiger charge is -2.38. The summed E-state index contributed by atoms with van der Waals surface area (Å²) in [6.07, 6.45) is 7.63. The summed E-state index contributed by atoms with van der Waals surface area (Å²) in [5.74, 6) is 1.16. The van der Waals surface area contributed by atoms with E-state index in [-0.39, 0.29) is 0 Å². The molecule has 0 N–H and O–H groups in total. The van der Waals surface area contributed by atoms with Crippen LogP contribution in [0.1, 0.15) is 89.7 Å². The largest absolute Gasteiger partial charge is 0.354 e. The maximum Gasteiger partial charge on any atom is 0.0795 e. The molecule has 2 aliphatic rings. The molecule has 0 bridgehead atoms. The molecule has 2 heteroatoms. The summed E-state index contributed by atoms with van der Waals surface area (Å²) >= 11 is 0. The van der Waals surface area contributed by atoms with Crippen LogP contribution in [0.3, 0.4) is 0 Å². The smallest absolute Gasteiger partial charge is 0.0795 e. The van der Waals surface area contributed by atoms with Gasteiger partial charge in [0.15, 0.2) is 0 Å². The lowest BCUT2D eigenvalue weighted by Crippen LogP contribution is -2.43. The van der Waals surface area contributed by atoms with Crippen molar-refractivity contribution in [3.63, 3.8) is 0 Å². The van der Waals surface area contributed by atoms with Crippen molar-refractivity contribution in [3.05, 3.63) is 29.3 Å². The van der Waals surface area contributed by atoms with Crippen molar-refractivity contribution in [2.45, 2.75) is 90.8 Å². The van der Waals surface area contributed by atoms with Gasteiger partial charge in [0.25, 0.3) is 0 Å². The van der Waals surface area contributed by atoms with Gasteiger partial charge in [0, 0.05) is 24.8 Å². The Kier molecular flexibility index (Phi) is 5.54. The zero-order valence-electron chi connectivity index (χ0n) is 16.4. The summed E-state index contributed by atoms with van der Waals surface area (Å²) < 4.78 is 0. The maximum absolute atomic E-state index is 2.79. The van der Waals surface area contributed by atoms with Crippen molar-refractivity contribution >= 4 is 5.69 Å². The summed E-state index contributed by atoms with van der Waals surface area (Å²) in [5, 5.41) is 0. The van der Waals surface area contributed by atoms with E-state index in [1.807, 2.05) is 0 Å². The van der Waals surface area contributed by atoms with E-state index >= 15 is 0 Å². The van der Waals surface area contributed by atoms with Gasteiger partial charge in [0.05, 0.1) is 6.17 Å². The lowest BCUT2D eigenvalue weighted by molar-refractivity contribution is 0.151. The summed E-state index contributed by atoms with van der Waals surface area (Å²) in [5.41, 5.74) is 4.59. The second-order valence-electron chi connectivity index (χ2n) is 8.45. The van der Waals surface area contributed by atoms with E-state index in [1.165, 1.54) is 62.0 Å². The molecule has 1 aromatic carbocycles. The average Bonchev–Trinajstić information content (AvgIpc) is 2.96. The molecule has 1 saturated heterocycles. The highest BCUT2D eigenvalue weighted by Gasteiger charge is 2.35. The number of hydrogen-bond acceptors (Lipinski definition) is 2. The summed E-state index contributed by atoms with van der Waals surface area (Å²) in [4.78, 5) is 5.50. The van der Waals surface area contributed by atoms with Gasteiger partial charge in [-0.15, -0.1) is 0 Å². The minimum absolute atomic E-state index is 0.533. The van der Waals surface area contributed by atoms with Crippen LogP contribution in [0.4, 0.5) is 5.69 Å². The maximum atomic E-state index is 2.79. The predicted molar refractivity (Wildman–Crippen MR) is 105 cm³/mol. The van der Waals surface area contributed by atoms with Crippen LogP contribution < -0.4 is 4.90 Å². The van der Waals surface area contributed by atoms with Crippen LogP contribution in [0, 0.1) is 0 Å². The fourth-order valence-electron chi connectivity index (χ4n) is 4.82. The molecule has 0 spiro atoms. The highest BCUT2D eigenvalue weighted by Crippen LogP contribution is 2.39. The lowest BCUT2D eigenvalue weighted by atomic mass is 9.91. The second kappa shape index (κ2) is 7.47. The molecular weight excluding hydrogens is 292 g/mol. The molecule has 1 atom stereocenters. The zero-order chi connectivity index (χ0) is 17.3. The number of hydrogen-bond donors (Lipinski definition) is 0. The Morgan fingerprint density at radius 2 is 1.46 bits per heavy atom. The molecule has 1 aliphatic heterocycles. The first kappa shape index (κ1) is 17.8.